The van der Waals surface area contributed by atoms with E-state index in [0.717, 1.165) is 0 Å². The predicted molar refractivity (Wildman–Crippen MR) is 49.3 cm³/mol. The topological polar surface area (TPSA) is 76.2 Å². The van der Waals surface area contributed by atoms with Gasteiger partial charge in [-0.15, -0.1) is 0 Å². The molecular weight excluding hydrogens is 168 g/mol. The molecule has 1 rings (SSSR count). The summed E-state index contributed by atoms with van der Waals surface area (Å²) in [6, 6.07) is 3.15. The molecule has 1 aromatic heterocycles. The molecule has 4 nitrogen and oxygen atoms in total. The molecule has 4 heteroatoms. The van der Waals surface area contributed by atoms with Crippen LogP contribution in [0.25, 0.3) is 0 Å². The first-order valence-corrected chi connectivity index (χ1v) is 3.90. The molecule has 0 atom stereocenters. The van der Waals surface area contributed by atoms with Crippen LogP contribution in [0.3, 0.4) is 0 Å². The van der Waals surface area contributed by atoms with Crippen molar-refractivity contribution in [3.05, 3.63) is 23.9 Å². The van der Waals surface area contributed by atoms with E-state index in [1.807, 2.05) is 0 Å². The zero-order chi connectivity index (χ0) is 10.1. The summed E-state index contributed by atoms with van der Waals surface area (Å²) in [7, 11) is 0. The van der Waals surface area contributed by atoms with Crippen LogP contribution in [0.5, 0.6) is 0 Å². The van der Waals surface area contributed by atoms with E-state index >= 15 is 0 Å². The van der Waals surface area contributed by atoms with Crippen molar-refractivity contribution < 1.29 is 9.90 Å². The lowest BCUT2D eigenvalue weighted by Crippen LogP contribution is -2.31. The van der Waals surface area contributed by atoms with Crippen molar-refractivity contribution in [2.75, 3.05) is 5.73 Å². The highest BCUT2D eigenvalue weighted by Gasteiger charge is 2.26. The van der Waals surface area contributed by atoms with E-state index in [-0.39, 0.29) is 11.4 Å². The third-order valence-corrected chi connectivity index (χ3v) is 1.64. The van der Waals surface area contributed by atoms with Gasteiger partial charge in [-0.2, -0.15) is 0 Å². The second-order valence-corrected chi connectivity index (χ2v) is 3.32. The zero-order valence-corrected chi connectivity index (χ0v) is 7.61. The highest BCUT2D eigenvalue weighted by atomic mass is 16.3. The minimum Gasteiger partial charge on any atom is -0.383 e. The van der Waals surface area contributed by atoms with Crippen molar-refractivity contribution in [2.24, 2.45) is 0 Å². The third kappa shape index (κ3) is 2.03. The van der Waals surface area contributed by atoms with Crippen molar-refractivity contribution in [3.8, 4) is 0 Å². The number of hydrogen-bond acceptors (Lipinski definition) is 4. The summed E-state index contributed by atoms with van der Waals surface area (Å²) in [5.41, 5.74) is 4.33. The number of hydrogen-bond donors (Lipinski definition) is 2. The van der Waals surface area contributed by atoms with E-state index < -0.39 is 11.4 Å². The van der Waals surface area contributed by atoms with Gasteiger partial charge < -0.3 is 10.8 Å². The summed E-state index contributed by atoms with van der Waals surface area (Å²) in [5, 5.41) is 9.43. The van der Waals surface area contributed by atoms with Gasteiger partial charge in [-0.25, -0.2) is 4.98 Å². The molecule has 70 valence electrons. The molecular formula is C9H12N2O2. The standard InChI is InChI=1S/C9H12N2O2/c1-9(2,13)7(12)6-4-3-5-11-8(6)10/h3-5,13H,1-2H3,(H2,10,11). The molecule has 0 radical (unpaired) electrons. The van der Waals surface area contributed by atoms with Gasteiger partial charge >= 0.3 is 0 Å². The number of ketones is 1. The monoisotopic (exact) mass is 180 g/mol. The quantitative estimate of drug-likeness (QED) is 0.654. The van der Waals surface area contributed by atoms with Crippen LogP contribution in [0.1, 0.15) is 24.2 Å². The Morgan fingerprint density at radius 2 is 2.23 bits per heavy atom. The van der Waals surface area contributed by atoms with Crippen molar-refractivity contribution in [1.29, 1.82) is 0 Å². The predicted octanol–water partition coefficient (Wildman–Crippen LogP) is 0.617. The van der Waals surface area contributed by atoms with Crippen LogP contribution >= 0.6 is 0 Å². The smallest absolute Gasteiger partial charge is 0.197 e. The van der Waals surface area contributed by atoms with Crippen LogP contribution in [0.2, 0.25) is 0 Å². The van der Waals surface area contributed by atoms with Crippen molar-refractivity contribution in [3.63, 3.8) is 0 Å². The number of carbonyl (C=O) groups is 1. The Morgan fingerprint density at radius 1 is 1.62 bits per heavy atom. The number of carbonyl (C=O) groups excluding carboxylic acids is 1. The lowest BCUT2D eigenvalue weighted by atomic mass is 9.97. The first-order chi connectivity index (χ1) is 5.93. The van der Waals surface area contributed by atoms with Gasteiger partial charge in [-0.1, -0.05) is 0 Å². The molecule has 0 bridgehead atoms. The SMILES string of the molecule is CC(C)(O)C(=O)c1cccnc1N. The molecule has 1 heterocycles. The van der Waals surface area contributed by atoms with Crippen molar-refractivity contribution >= 4 is 11.6 Å². The number of nitrogens with zero attached hydrogens (tertiary/aromatic N) is 1. The minimum atomic E-state index is -1.41. The second-order valence-electron chi connectivity index (χ2n) is 3.32. The summed E-state index contributed by atoms with van der Waals surface area (Å²) in [6.07, 6.45) is 1.50. The summed E-state index contributed by atoms with van der Waals surface area (Å²) in [5.74, 6) is -0.271. The van der Waals surface area contributed by atoms with E-state index in [0.29, 0.717) is 0 Å². The summed E-state index contributed by atoms with van der Waals surface area (Å²) >= 11 is 0. The Morgan fingerprint density at radius 3 is 2.69 bits per heavy atom. The van der Waals surface area contributed by atoms with Crippen LogP contribution in [-0.2, 0) is 0 Å². The van der Waals surface area contributed by atoms with Gasteiger partial charge in [-0.05, 0) is 26.0 Å². The third-order valence-electron chi connectivity index (χ3n) is 1.64. The molecule has 0 aliphatic rings. The Bertz CT molecular complexity index is 329. The molecule has 1 aromatic rings. The maximum atomic E-state index is 11.5. The van der Waals surface area contributed by atoms with Crippen LogP contribution in [-0.4, -0.2) is 21.5 Å². The number of anilines is 1. The Hall–Kier alpha value is -1.42. The molecule has 0 aromatic carbocycles. The number of aliphatic hydroxyl groups is 1. The fraction of sp³-hybridized carbons (Fsp3) is 0.333. The molecule has 0 fully saturated rings. The number of nitrogen functional groups attached to an aromatic ring is 1. The van der Waals surface area contributed by atoms with Gasteiger partial charge in [0.05, 0.1) is 5.56 Å². The summed E-state index contributed by atoms with van der Waals surface area (Å²) < 4.78 is 0. The second kappa shape index (κ2) is 3.14. The van der Waals surface area contributed by atoms with E-state index in [4.69, 9.17) is 5.73 Å². The Balaban J connectivity index is 3.10. The molecule has 0 aliphatic carbocycles. The zero-order valence-electron chi connectivity index (χ0n) is 7.61. The number of rotatable bonds is 2. The van der Waals surface area contributed by atoms with Crippen LogP contribution < -0.4 is 5.73 Å². The molecule has 0 spiro atoms. The fourth-order valence-corrected chi connectivity index (χ4v) is 0.939. The first-order valence-electron chi connectivity index (χ1n) is 3.90. The maximum Gasteiger partial charge on any atom is 0.197 e. The van der Waals surface area contributed by atoms with Crippen LogP contribution in [0.4, 0.5) is 5.82 Å². The van der Waals surface area contributed by atoms with E-state index in [9.17, 15) is 9.90 Å². The maximum absolute atomic E-state index is 11.5. The van der Waals surface area contributed by atoms with Gasteiger partial charge in [0.2, 0.25) is 0 Å². The van der Waals surface area contributed by atoms with Crippen molar-refractivity contribution in [2.45, 2.75) is 19.4 Å². The molecule has 0 saturated carbocycles. The number of nitrogens with two attached hydrogens (primary N) is 1. The van der Waals surface area contributed by atoms with E-state index in [1.54, 1.807) is 12.1 Å². The van der Waals surface area contributed by atoms with Crippen LogP contribution in [0, 0.1) is 0 Å². The fourth-order valence-electron chi connectivity index (χ4n) is 0.939. The Labute approximate surface area is 76.4 Å². The number of pyridine rings is 1. The average molecular weight is 180 g/mol. The number of aromatic nitrogens is 1. The first kappa shape index (κ1) is 9.67. The molecule has 13 heavy (non-hydrogen) atoms. The van der Waals surface area contributed by atoms with Crippen molar-refractivity contribution in [1.82, 2.24) is 4.98 Å². The van der Waals surface area contributed by atoms with Gasteiger partial charge in [-0.3, -0.25) is 4.79 Å². The van der Waals surface area contributed by atoms with E-state index in [2.05, 4.69) is 4.98 Å². The molecule has 0 saturated heterocycles. The van der Waals surface area contributed by atoms with Gasteiger partial charge in [0, 0.05) is 6.20 Å². The molecule has 0 aliphatic heterocycles. The summed E-state index contributed by atoms with van der Waals surface area (Å²) in [4.78, 5) is 15.3. The van der Waals surface area contributed by atoms with E-state index in [1.165, 1.54) is 20.0 Å². The lowest BCUT2D eigenvalue weighted by Gasteiger charge is -2.15. The van der Waals surface area contributed by atoms with Gasteiger partial charge in [0.25, 0.3) is 0 Å². The highest BCUT2D eigenvalue weighted by molar-refractivity contribution is 6.04. The largest absolute Gasteiger partial charge is 0.383 e. The highest BCUT2D eigenvalue weighted by Crippen LogP contribution is 2.15. The van der Waals surface area contributed by atoms with Gasteiger partial charge in [0.15, 0.2) is 5.78 Å². The van der Waals surface area contributed by atoms with Crippen LogP contribution in [0.15, 0.2) is 18.3 Å². The summed E-state index contributed by atoms with van der Waals surface area (Å²) in [6.45, 7) is 2.84. The lowest BCUT2D eigenvalue weighted by molar-refractivity contribution is 0.0488. The normalized spacial score (nSPS) is 11.3. The average Bonchev–Trinajstić information content (AvgIpc) is 2.02. The minimum absolute atomic E-state index is 0.148. The molecule has 3 N–H and O–H groups in total. The molecule has 0 amide bonds. The Kier molecular flexibility index (Phi) is 2.34. The number of Topliss-reactive ketones (excluding diaryl/α,β-unsaturated/α-hetero) is 1. The molecule has 0 unspecified atom stereocenters. The van der Waals surface area contributed by atoms with Gasteiger partial charge in [0.1, 0.15) is 11.4 Å².